The van der Waals surface area contributed by atoms with Gasteiger partial charge in [0.1, 0.15) is 0 Å². The molecule has 13 heavy (non-hydrogen) atoms. The number of hydrogen-bond donors (Lipinski definition) is 2. The van der Waals surface area contributed by atoms with E-state index in [0.29, 0.717) is 5.56 Å². The van der Waals surface area contributed by atoms with Crippen LogP contribution in [0.3, 0.4) is 0 Å². The van der Waals surface area contributed by atoms with Gasteiger partial charge in [0.05, 0.1) is 11.5 Å². The van der Waals surface area contributed by atoms with E-state index in [-0.39, 0.29) is 18.0 Å². The molecular formula is C7H7N3O3. The number of rotatable bonds is 3. The van der Waals surface area contributed by atoms with Crippen molar-refractivity contribution in [1.29, 1.82) is 5.53 Å². The van der Waals surface area contributed by atoms with E-state index < -0.39 is 4.92 Å². The molecule has 0 aliphatic carbocycles. The van der Waals surface area contributed by atoms with Crippen molar-refractivity contribution in [3.05, 3.63) is 33.9 Å². The van der Waals surface area contributed by atoms with Crippen molar-refractivity contribution in [2.75, 3.05) is 0 Å². The van der Waals surface area contributed by atoms with Gasteiger partial charge in [0.15, 0.2) is 5.69 Å². The van der Waals surface area contributed by atoms with Gasteiger partial charge in [0.2, 0.25) is 0 Å². The maximum atomic E-state index is 10.4. The van der Waals surface area contributed by atoms with Crippen LogP contribution in [0.25, 0.3) is 0 Å². The molecule has 1 aromatic rings. The molecule has 0 spiro atoms. The minimum Gasteiger partial charge on any atom is -0.392 e. The smallest absolute Gasteiger partial charge is 0.297 e. The Morgan fingerprint density at radius 1 is 1.62 bits per heavy atom. The van der Waals surface area contributed by atoms with Crippen LogP contribution in [-0.4, -0.2) is 10.0 Å². The van der Waals surface area contributed by atoms with E-state index in [0.717, 1.165) is 0 Å². The number of nitrogens with zero attached hydrogens (tertiary/aromatic N) is 2. The highest BCUT2D eigenvalue weighted by molar-refractivity contribution is 5.57. The van der Waals surface area contributed by atoms with E-state index in [1.165, 1.54) is 18.2 Å². The predicted molar refractivity (Wildman–Crippen MR) is 43.8 cm³/mol. The monoisotopic (exact) mass is 181 g/mol. The van der Waals surface area contributed by atoms with E-state index in [2.05, 4.69) is 5.11 Å². The third kappa shape index (κ3) is 1.85. The number of aliphatic hydroxyl groups is 1. The zero-order chi connectivity index (χ0) is 9.84. The molecule has 0 saturated heterocycles. The first-order chi connectivity index (χ1) is 6.19. The minimum absolute atomic E-state index is 0.0119. The van der Waals surface area contributed by atoms with Crippen molar-refractivity contribution in [3.63, 3.8) is 0 Å². The average Bonchev–Trinajstić information content (AvgIpc) is 2.16. The largest absolute Gasteiger partial charge is 0.392 e. The van der Waals surface area contributed by atoms with Crippen LogP contribution in [0.15, 0.2) is 23.3 Å². The summed E-state index contributed by atoms with van der Waals surface area (Å²) < 4.78 is 0. The highest BCUT2D eigenvalue weighted by Gasteiger charge is 2.13. The number of hydrogen-bond acceptors (Lipinski definition) is 5. The zero-order valence-corrected chi connectivity index (χ0v) is 6.60. The molecule has 0 fully saturated rings. The van der Waals surface area contributed by atoms with E-state index in [4.69, 9.17) is 10.6 Å². The average molecular weight is 181 g/mol. The standard InChI is InChI=1S/C7H7N3O3/c8-9-6-2-1-5(4-11)3-7(6)10(12)13/h1-3,8,11H,4H2. The van der Waals surface area contributed by atoms with E-state index >= 15 is 0 Å². The van der Waals surface area contributed by atoms with Gasteiger partial charge in [-0.05, 0) is 11.6 Å². The van der Waals surface area contributed by atoms with Crippen LogP contribution < -0.4 is 0 Å². The molecule has 0 unspecified atom stereocenters. The predicted octanol–water partition coefficient (Wildman–Crippen LogP) is 1.75. The second-order valence-corrected chi connectivity index (χ2v) is 2.35. The lowest BCUT2D eigenvalue weighted by Gasteiger charge is -1.98. The molecule has 0 aliphatic heterocycles. The molecule has 2 N–H and O–H groups in total. The Labute approximate surface area is 73.5 Å². The van der Waals surface area contributed by atoms with E-state index in [1.54, 1.807) is 0 Å². The Morgan fingerprint density at radius 3 is 2.77 bits per heavy atom. The first-order valence-electron chi connectivity index (χ1n) is 3.44. The Bertz CT molecular complexity index is 351. The van der Waals surface area contributed by atoms with Crippen molar-refractivity contribution in [2.45, 2.75) is 6.61 Å². The Hall–Kier alpha value is -1.82. The van der Waals surface area contributed by atoms with E-state index in [1.807, 2.05) is 0 Å². The van der Waals surface area contributed by atoms with Gasteiger partial charge in [0, 0.05) is 6.07 Å². The molecule has 0 radical (unpaired) electrons. The number of nitrogens with one attached hydrogen (secondary N) is 1. The molecule has 6 heteroatoms. The number of nitro groups is 1. The topological polar surface area (TPSA) is 99.6 Å². The molecule has 0 heterocycles. The van der Waals surface area contributed by atoms with Crippen molar-refractivity contribution in [2.24, 2.45) is 5.11 Å². The van der Waals surface area contributed by atoms with Gasteiger partial charge in [-0.1, -0.05) is 6.07 Å². The fourth-order valence-electron chi connectivity index (χ4n) is 0.908. The molecule has 1 aromatic carbocycles. The lowest BCUT2D eigenvalue weighted by atomic mass is 10.2. The summed E-state index contributed by atoms with van der Waals surface area (Å²) in [5.41, 5.74) is 6.82. The lowest BCUT2D eigenvalue weighted by Crippen LogP contribution is -1.91. The van der Waals surface area contributed by atoms with Crippen LogP contribution in [0.4, 0.5) is 11.4 Å². The second-order valence-electron chi connectivity index (χ2n) is 2.35. The summed E-state index contributed by atoms with van der Waals surface area (Å²) in [6, 6.07) is 4.02. The van der Waals surface area contributed by atoms with E-state index in [9.17, 15) is 10.1 Å². The Kier molecular flexibility index (Phi) is 2.65. The van der Waals surface area contributed by atoms with Crippen molar-refractivity contribution in [3.8, 4) is 0 Å². The van der Waals surface area contributed by atoms with Gasteiger partial charge in [-0.3, -0.25) is 10.1 Å². The summed E-state index contributed by atoms with van der Waals surface area (Å²) in [5, 5.41) is 22.1. The SMILES string of the molecule is N=Nc1ccc(CO)cc1[N+](=O)[O-]. The molecule has 0 aromatic heterocycles. The van der Waals surface area contributed by atoms with Crippen LogP contribution in [0, 0.1) is 15.6 Å². The quantitative estimate of drug-likeness (QED) is 0.422. The Morgan fingerprint density at radius 2 is 2.31 bits per heavy atom. The van der Waals surface area contributed by atoms with Crippen LogP contribution in [0.2, 0.25) is 0 Å². The first kappa shape index (κ1) is 9.27. The van der Waals surface area contributed by atoms with Gasteiger partial charge in [0.25, 0.3) is 5.69 Å². The summed E-state index contributed by atoms with van der Waals surface area (Å²) in [6.07, 6.45) is 0. The highest BCUT2D eigenvalue weighted by Crippen LogP contribution is 2.27. The molecular weight excluding hydrogens is 174 g/mol. The normalized spacial score (nSPS) is 9.62. The van der Waals surface area contributed by atoms with Crippen LogP contribution >= 0.6 is 0 Å². The Balaban J connectivity index is 3.25. The molecule has 0 atom stereocenters. The van der Waals surface area contributed by atoms with Crippen molar-refractivity contribution < 1.29 is 10.0 Å². The maximum absolute atomic E-state index is 10.4. The maximum Gasteiger partial charge on any atom is 0.297 e. The van der Waals surface area contributed by atoms with Gasteiger partial charge < -0.3 is 5.11 Å². The molecule has 0 saturated carbocycles. The summed E-state index contributed by atoms with van der Waals surface area (Å²) in [5.74, 6) is 0. The summed E-state index contributed by atoms with van der Waals surface area (Å²) in [4.78, 5) is 9.80. The van der Waals surface area contributed by atoms with Crippen LogP contribution in [0.5, 0.6) is 0 Å². The summed E-state index contributed by atoms with van der Waals surface area (Å²) in [6.45, 7) is -0.265. The highest BCUT2D eigenvalue weighted by atomic mass is 16.6. The van der Waals surface area contributed by atoms with Gasteiger partial charge in [-0.25, -0.2) is 5.53 Å². The van der Waals surface area contributed by atoms with Crippen molar-refractivity contribution in [1.82, 2.24) is 0 Å². The number of nitro benzene ring substituents is 1. The van der Waals surface area contributed by atoms with Crippen molar-refractivity contribution >= 4 is 11.4 Å². The first-order valence-corrected chi connectivity index (χ1v) is 3.44. The van der Waals surface area contributed by atoms with Gasteiger partial charge >= 0.3 is 0 Å². The zero-order valence-electron chi connectivity index (χ0n) is 6.60. The van der Waals surface area contributed by atoms with Gasteiger partial charge in [-0.2, -0.15) is 5.11 Å². The molecule has 1 rings (SSSR count). The number of aliphatic hydroxyl groups excluding tert-OH is 1. The van der Waals surface area contributed by atoms with Gasteiger partial charge in [-0.15, -0.1) is 0 Å². The summed E-state index contributed by atoms with van der Waals surface area (Å²) in [7, 11) is 0. The molecule has 0 bridgehead atoms. The third-order valence-electron chi connectivity index (χ3n) is 1.54. The molecule has 68 valence electrons. The number of benzene rings is 1. The fraction of sp³-hybridized carbons (Fsp3) is 0.143. The summed E-state index contributed by atoms with van der Waals surface area (Å²) >= 11 is 0. The molecule has 0 aliphatic rings. The molecule has 0 amide bonds. The molecule has 6 nitrogen and oxygen atoms in total. The van der Waals surface area contributed by atoms with Crippen LogP contribution in [-0.2, 0) is 6.61 Å². The fourth-order valence-corrected chi connectivity index (χ4v) is 0.908. The van der Waals surface area contributed by atoms with Crippen LogP contribution in [0.1, 0.15) is 5.56 Å². The second kappa shape index (κ2) is 3.72. The lowest BCUT2D eigenvalue weighted by molar-refractivity contribution is -0.384. The minimum atomic E-state index is -0.632. The third-order valence-corrected chi connectivity index (χ3v) is 1.54.